The second kappa shape index (κ2) is 5.20. The number of amidine groups is 2. The fraction of sp³-hybridized carbons (Fsp3) is 0.294. The molecule has 2 atom stereocenters. The van der Waals surface area contributed by atoms with Crippen LogP contribution in [0.25, 0.3) is 0 Å². The lowest BCUT2D eigenvalue weighted by Crippen LogP contribution is -2.11. The van der Waals surface area contributed by atoms with Crippen molar-refractivity contribution < 1.29 is 0 Å². The summed E-state index contributed by atoms with van der Waals surface area (Å²) in [5, 5.41) is 0. The summed E-state index contributed by atoms with van der Waals surface area (Å²) in [4.78, 5) is 18.4. The molecule has 21 heavy (non-hydrogen) atoms. The Morgan fingerprint density at radius 2 is 1.24 bits per heavy atom. The molecule has 2 heterocycles. The van der Waals surface area contributed by atoms with Gasteiger partial charge in [0.05, 0.1) is 11.4 Å². The topological polar surface area (TPSA) is 49.4 Å². The first-order chi connectivity index (χ1) is 10.4. The summed E-state index contributed by atoms with van der Waals surface area (Å²) in [6, 6.07) is 0.291. The van der Waals surface area contributed by atoms with Crippen LogP contribution in [0.3, 0.4) is 0 Å². The van der Waals surface area contributed by atoms with Gasteiger partial charge in [-0.1, -0.05) is 36.5 Å². The molecule has 0 fully saturated rings. The molecular formula is C17H16N4. The molecular weight excluding hydrogens is 260 g/mol. The van der Waals surface area contributed by atoms with Gasteiger partial charge < -0.3 is 0 Å². The molecule has 2 aliphatic heterocycles. The van der Waals surface area contributed by atoms with E-state index in [0.717, 1.165) is 42.4 Å². The summed E-state index contributed by atoms with van der Waals surface area (Å²) in [5.41, 5.74) is 2.12. The van der Waals surface area contributed by atoms with Gasteiger partial charge in [0.2, 0.25) is 0 Å². The van der Waals surface area contributed by atoms with Crippen LogP contribution in [-0.2, 0) is 0 Å². The van der Waals surface area contributed by atoms with Crippen molar-refractivity contribution in [2.45, 2.75) is 31.3 Å². The Hall–Kier alpha value is -2.36. The quantitative estimate of drug-likeness (QED) is 0.758. The average molecular weight is 276 g/mol. The van der Waals surface area contributed by atoms with Crippen LogP contribution in [0.2, 0.25) is 0 Å². The van der Waals surface area contributed by atoms with Crippen molar-refractivity contribution in [2.75, 3.05) is 0 Å². The highest BCUT2D eigenvalue weighted by atomic mass is 15.0. The molecule has 0 aromatic carbocycles. The number of nitrogens with zero attached hydrogens (tertiary/aromatic N) is 4. The lowest BCUT2D eigenvalue weighted by Gasteiger charge is -2.03. The first kappa shape index (κ1) is 12.4. The highest BCUT2D eigenvalue weighted by Gasteiger charge is 2.21. The summed E-state index contributed by atoms with van der Waals surface area (Å²) >= 11 is 0. The predicted molar refractivity (Wildman–Crippen MR) is 87.7 cm³/mol. The third-order valence-corrected chi connectivity index (χ3v) is 3.84. The number of hydrogen-bond donors (Lipinski definition) is 0. The van der Waals surface area contributed by atoms with Gasteiger partial charge in [-0.05, 0) is 18.6 Å². The molecule has 0 spiro atoms. The monoisotopic (exact) mass is 276 g/mol. The molecule has 0 aromatic rings. The van der Waals surface area contributed by atoms with E-state index in [4.69, 9.17) is 0 Å². The van der Waals surface area contributed by atoms with Crippen LogP contribution in [0.1, 0.15) is 19.3 Å². The van der Waals surface area contributed by atoms with Crippen molar-refractivity contribution >= 4 is 23.1 Å². The standard InChI is InChI=1S/C17H16N4/c1-2-7-13-12(6-1)18-16(19-13)10-5-11-17-20-14-8-3-4-9-15(14)21-17/h1-4,6-9,12,14H,5,10-11H2. The first-order valence-corrected chi connectivity index (χ1v) is 7.39. The van der Waals surface area contributed by atoms with E-state index in [1.165, 1.54) is 0 Å². The van der Waals surface area contributed by atoms with Gasteiger partial charge in [0, 0.05) is 12.8 Å². The molecule has 4 heteroatoms. The van der Waals surface area contributed by atoms with E-state index in [2.05, 4.69) is 32.1 Å². The van der Waals surface area contributed by atoms with Crippen LogP contribution in [-0.4, -0.2) is 35.2 Å². The Morgan fingerprint density at radius 1 is 0.714 bits per heavy atom. The van der Waals surface area contributed by atoms with Crippen LogP contribution in [0, 0.1) is 0 Å². The van der Waals surface area contributed by atoms with Gasteiger partial charge in [-0.2, -0.15) is 0 Å². The van der Waals surface area contributed by atoms with Crippen LogP contribution >= 0.6 is 0 Å². The summed E-state index contributed by atoms with van der Waals surface area (Å²) < 4.78 is 0. The fourth-order valence-electron chi connectivity index (χ4n) is 2.79. The van der Waals surface area contributed by atoms with E-state index < -0.39 is 0 Å². The minimum Gasteiger partial charge on any atom is -0.257 e. The molecule has 4 aliphatic rings. The van der Waals surface area contributed by atoms with Crippen molar-refractivity contribution in [3.8, 4) is 0 Å². The number of allylic oxidation sites excluding steroid dienone is 4. The van der Waals surface area contributed by atoms with Gasteiger partial charge in [0.1, 0.15) is 23.8 Å². The van der Waals surface area contributed by atoms with Gasteiger partial charge in [-0.25, -0.2) is 9.98 Å². The van der Waals surface area contributed by atoms with E-state index in [0.29, 0.717) is 0 Å². The SMILES string of the molecule is C1=CC2=NC(CCCC3=NC4C=CC=CC4=N3)=NC2C=C1. The maximum absolute atomic E-state index is 4.62. The number of aliphatic imine (C=N–C) groups is 4. The van der Waals surface area contributed by atoms with Crippen molar-refractivity contribution in [1.29, 1.82) is 0 Å². The number of rotatable bonds is 4. The second-order valence-electron chi connectivity index (χ2n) is 5.40. The largest absolute Gasteiger partial charge is 0.257 e. The molecule has 0 amide bonds. The zero-order valence-corrected chi connectivity index (χ0v) is 11.7. The normalized spacial score (nSPS) is 28.0. The van der Waals surface area contributed by atoms with E-state index in [9.17, 15) is 0 Å². The van der Waals surface area contributed by atoms with Crippen molar-refractivity contribution in [3.63, 3.8) is 0 Å². The Labute approximate surface area is 123 Å². The summed E-state index contributed by atoms with van der Waals surface area (Å²) in [6.07, 6.45) is 19.1. The molecule has 0 bridgehead atoms. The van der Waals surface area contributed by atoms with Gasteiger partial charge >= 0.3 is 0 Å². The Kier molecular flexibility index (Phi) is 3.07. The Balaban J connectivity index is 1.33. The third kappa shape index (κ3) is 2.49. The Bertz CT molecular complexity index is 638. The molecule has 0 saturated heterocycles. The molecule has 0 N–H and O–H groups in total. The predicted octanol–water partition coefficient (Wildman–Crippen LogP) is 2.85. The van der Waals surface area contributed by atoms with Gasteiger partial charge in [-0.3, -0.25) is 9.98 Å². The Morgan fingerprint density at radius 3 is 1.71 bits per heavy atom. The fourth-order valence-corrected chi connectivity index (χ4v) is 2.79. The van der Waals surface area contributed by atoms with E-state index >= 15 is 0 Å². The van der Waals surface area contributed by atoms with E-state index in [-0.39, 0.29) is 12.1 Å². The maximum Gasteiger partial charge on any atom is 0.124 e. The molecule has 0 radical (unpaired) electrons. The summed E-state index contributed by atoms with van der Waals surface area (Å²) in [7, 11) is 0. The molecule has 4 rings (SSSR count). The molecule has 2 aliphatic carbocycles. The molecule has 2 unspecified atom stereocenters. The van der Waals surface area contributed by atoms with Crippen LogP contribution < -0.4 is 0 Å². The lowest BCUT2D eigenvalue weighted by atomic mass is 10.1. The van der Waals surface area contributed by atoms with Gasteiger partial charge in [0.25, 0.3) is 0 Å². The highest BCUT2D eigenvalue weighted by molar-refractivity contribution is 6.14. The second-order valence-corrected chi connectivity index (χ2v) is 5.40. The summed E-state index contributed by atoms with van der Waals surface area (Å²) in [5.74, 6) is 1.91. The van der Waals surface area contributed by atoms with Crippen molar-refractivity contribution in [1.82, 2.24) is 0 Å². The zero-order valence-electron chi connectivity index (χ0n) is 11.7. The molecule has 104 valence electrons. The van der Waals surface area contributed by atoms with E-state index in [1.54, 1.807) is 0 Å². The molecule has 0 aromatic heterocycles. The van der Waals surface area contributed by atoms with Crippen molar-refractivity contribution in [3.05, 3.63) is 48.6 Å². The molecule has 4 nitrogen and oxygen atoms in total. The summed E-state index contributed by atoms with van der Waals surface area (Å²) in [6.45, 7) is 0. The number of hydrogen-bond acceptors (Lipinski definition) is 4. The van der Waals surface area contributed by atoms with Crippen molar-refractivity contribution in [2.24, 2.45) is 20.0 Å². The zero-order chi connectivity index (χ0) is 14.1. The smallest absolute Gasteiger partial charge is 0.124 e. The average Bonchev–Trinajstić information content (AvgIpc) is 3.09. The van der Waals surface area contributed by atoms with Crippen LogP contribution in [0.5, 0.6) is 0 Å². The van der Waals surface area contributed by atoms with E-state index in [1.807, 2.05) is 36.5 Å². The third-order valence-electron chi connectivity index (χ3n) is 3.84. The highest BCUT2D eigenvalue weighted by Crippen LogP contribution is 2.18. The first-order valence-electron chi connectivity index (χ1n) is 7.39. The number of fused-ring (bicyclic) bond motifs is 2. The minimum absolute atomic E-state index is 0.146. The van der Waals surface area contributed by atoms with Gasteiger partial charge in [0.15, 0.2) is 0 Å². The maximum atomic E-state index is 4.62. The van der Waals surface area contributed by atoms with Gasteiger partial charge in [-0.15, -0.1) is 0 Å². The van der Waals surface area contributed by atoms with Crippen LogP contribution in [0.4, 0.5) is 0 Å². The lowest BCUT2D eigenvalue weighted by molar-refractivity contribution is 0.902. The molecule has 0 saturated carbocycles. The van der Waals surface area contributed by atoms with Crippen LogP contribution in [0.15, 0.2) is 68.6 Å². The minimum atomic E-state index is 0.146.